The molecule has 4 nitrogen and oxygen atoms in total. The van der Waals surface area contributed by atoms with E-state index in [4.69, 9.17) is 9.47 Å². The minimum atomic E-state index is 0.467. The van der Waals surface area contributed by atoms with Crippen molar-refractivity contribution < 1.29 is 9.47 Å². The number of methoxy groups -OCH3 is 2. The number of rotatable bonds is 8. The van der Waals surface area contributed by atoms with Crippen LogP contribution in [0.3, 0.4) is 0 Å². The lowest BCUT2D eigenvalue weighted by Crippen LogP contribution is -2.59. The molecular formula is C21H32N2O2. The Kier molecular flexibility index (Phi) is 4.92. The van der Waals surface area contributed by atoms with Gasteiger partial charge in [-0.25, -0.2) is 0 Å². The van der Waals surface area contributed by atoms with Crippen molar-refractivity contribution in [3.8, 4) is 11.5 Å². The highest BCUT2D eigenvalue weighted by Crippen LogP contribution is 2.55. The van der Waals surface area contributed by atoms with E-state index in [9.17, 15) is 0 Å². The number of ether oxygens (including phenoxy) is 2. The Balaban J connectivity index is 1.24. The molecule has 0 amide bonds. The lowest BCUT2D eigenvalue weighted by molar-refractivity contribution is -0.0192. The fourth-order valence-electron chi connectivity index (χ4n) is 5.96. The highest BCUT2D eigenvalue weighted by molar-refractivity contribution is 5.40. The van der Waals surface area contributed by atoms with Crippen LogP contribution in [-0.2, 0) is 6.54 Å². The van der Waals surface area contributed by atoms with Gasteiger partial charge in [-0.05, 0) is 62.3 Å². The third-order valence-corrected chi connectivity index (χ3v) is 6.65. The van der Waals surface area contributed by atoms with E-state index in [1.807, 2.05) is 12.1 Å². The highest BCUT2D eigenvalue weighted by atomic mass is 16.5. The molecule has 4 heteroatoms. The zero-order valence-electron chi connectivity index (χ0n) is 15.6. The van der Waals surface area contributed by atoms with Gasteiger partial charge in [0.2, 0.25) is 0 Å². The fraction of sp³-hybridized carbons (Fsp3) is 0.714. The molecule has 0 aromatic heterocycles. The van der Waals surface area contributed by atoms with E-state index in [0.717, 1.165) is 48.9 Å². The molecule has 2 N–H and O–H groups in total. The first kappa shape index (κ1) is 17.2. The van der Waals surface area contributed by atoms with E-state index in [1.165, 1.54) is 44.1 Å². The monoisotopic (exact) mass is 344 g/mol. The van der Waals surface area contributed by atoms with Crippen LogP contribution in [0, 0.1) is 17.8 Å². The summed E-state index contributed by atoms with van der Waals surface area (Å²) in [6.07, 6.45) is 8.80. The Morgan fingerprint density at radius 2 is 1.64 bits per heavy atom. The van der Waals surface area contributed by atoms with Gasteiger partial charge in [0.1, 0.15) is 11.5 Å². The van der Waals surface area contributed by atoms with Crippen LogP contribution in [0.5, 0.6) is 11.5 Å². The predicted molar refractivity (Wildman–Crippen MR) is 100 cm³/mol. The van der Waals surface area contributed by atoms with Gasteiger partial charge in [-0.2, -0.15) is 0 Å². The SMILES string of the molecule is COc1ccc(CNCCNC23CC4CC(CC(C4)C2)C3)c(OC)c1. The van der Waals surface area contributed by atoms with Gasteiger partial charge >= 0.3 is 0 Å². The average Bonchev–Trinajstić information content (AvgIpc) is 2.60. The summed E-state index contributed by atoms with van der Waals surface area (Å²) < 4.78 is 10.7. The van der Waals surface area contributed by atoms with Crippen LogP contribution in [0.25, 0.3) is 0 Å². The van der Waals surface area contributed by atoms with E-state index in [1.54, 1.807) is 14.2 Å². The largest absolute Gasteiger partial charge is 0.497 e. The zero-order chi connectivity index (χ0) is 17.3. The summed E-state index contributed by atoms with van der Waals surface area (Å²) in [5.74, 6) is 4.76. The Bertz CT molecular complexity index is 566. The molecule has 0 heterocycles. The maximum absolute atomic E-state index is 5.47. The molecule has 0 unspecified atom stereocenters. The molecular weight excluding hydrogens is 312 g/mol. The Hall–Kier alpha value is -1.26. The molecule has 138 valence electrons. The van der Waals surface area contributed by atoms with E-state index in [2.05, 4.69) is 16.7 Å². The lowest BCUT2D eigenvalue weighted by Gasteiger charge is -2.57. The summed E-state index contributed by atoms with van der Waals surface area (Å²) in [6.45, 7) is 2.89. The molecule has 0 radical (unpaired) electrons. The summed E-state index contributed by atoms with van der Waals surface area (Å²) >= 11 is 0. The zero-order valence-corrected chi connectivity index (χ0v) is 15.6. The number of hydrogen-bond acceptors (Lipinski definition) is 4. The van der Waals surface area contributed by atoms with Crippen LogP contribution < -0.4 is 20.1 Å². The van der Waals surface area contributed by atoms with Crippen molar-refractivity contribution in [2.75, 3.05) is 27.3 Å². The molecule has 1 aromatic rings. The van der Waals surface area contributed by atoms with Crippen molar-refractivity contribution in [2.45, 2.75) is 50.6 Å². The Labute approximate surface area is 151 Å². The Morgan fingerprint density at radius 1 is 0.960 bits per heavy atom. The number of nitrogens with one attached hydrogen (secondary N) is 2. The first-order valence-electron chi connectivity index (χ1n) is 9.86. The quantitative estimate of drug-likeness (QED) is 0.710. The minimum absolute atomic E-state index is 0.467. The van der Waals surface area contributed by atoms with Gasteiger partial charge in [0.25, 0.3) is 0 Å². The van der Waals surface area contributed by atoms with E-state index < -0.39 is 0 Å². The van der Waals surface area contributed by atoms with Crippen LogP contribution in [0.2, 0.25) is 0 Å². The second kappa shape index (κ2) is 7.16. The highest BCUT2D eigenvalue weighted by Gasteiger charge is 2.50. The standard InChI is InChI=1S/C21H32N2O2/c1-24-19-4-3-18(20(10-19)25-2)14-22-5-6-23-21-11-15-7-16(12-21)9-17(8-15)13-21/h3-4,10,15-17,22-23H,5-9,11-14H2,1-2H3. The topological polar surface area (TPSA) is 42.5 Å². The van der Waals surface area contributed by atoms with Crippen LogP contribution in [-0.4, -0.2) is 32.8 Å². The van der Waals surface area contributed by atoms with Crippen molar-refractivity contribution in [1.82, 2.24) is 10.6 Å². The minimum Gasteiger partial charge on any atom is -0.497 e. The molecule has 0 spiro atoms. The van der Waals surface area contributed by atoms with Crippen molar-refractivity contribution in [2.24, 2.45) is 17.8 Å². The van der Waals surface area contributed by atoms with Gasteiger partial charge in [0.05, 0.1) is 14.2 Å². The van der Waals surface area contributed by atoms with Crippen molar-refractivity contribution in [1.29, 1.82) is 0 Å². The van der Waals surface area contributed by atoms with Crippen molar-refractivity contribution in [3.05, 3.63) is 23.8 Å². The van der Waals surface area contributed by atoms with Gasteiger partial charge in [0, 0.05) is 36.8 Å². The van der Waals surface area contributed by atoms with E-state index in [0.29, 0.717) is 5.54 Å². The number of benzene rings is 1. The van der Waals surface area contributed by atoms with Crippen LogP contribution >= 0.6 is 0 Å². The third-order valence-electron chi connectivity index (χ3n) is 6.65. The molecule has 5 rings (SSSR count). The normalized spacial score (nSPS) is 32.8. The first-order valence-corrected chi connectivity index (χ1v) is 9.86. The molecule has 4 aliphatic rings. The van der Waals surface area contributed by atoms with Gasteiger partial charge in [-0.1, -0.05) is 6.07 Å². The molecule has 4 bridgehead atoms. The molecule has 4 aliphatic carbocycles. The molecule has 4 fully saturated rings. The second-order valence-electron chi connectivity index (χ2n) is 8.48. The summed E-state index contributed by atoms with van der Waals surface area (Å²) in [5.41, 5.74) is 1.65. The molecule has 4 saturated carbocycles. The van der Waals surface area contributed by atoms with Gasteiger partial charge in [-0.15, -0.1) is 0 Å². The van der Waals surface area contributed by atoms with Crippen LogP contribution in [0.4, 0.5) is 0 Å². The first-order chi connectivity index (χ1) is 12.2. The average molecular weight is 344 g/mol. The van der Waals surface area contributed by atoms with E-state index in [-0.39, 0.29) is 0 Å². The molecule has 0 aliphatic heterocycles. The summed E-state index contributed by atoms with van der Waals surface area (Å²) in [4.78, 5) is 0. The predicted octanol–water partition coefficient (Wildman–Crippen LogP) is 3.35. The molecule has 1 aromatic carbocycles. The maximum Gasteiger partial charge on any atom is 0.127 e. The maximum atomic E-state index is 5.47. The second-order valence-corrected chi connectivity index (χ2v) is 8.48. The fourth-order valence-corrected chi connectivity index (χ4v) is 5.96. The van der Waals surface area contributed by atoms with Gasteiger partial charge in [-0.3, -0.25) is 0 Å². The van der Waals surface area contributed by atoms with Crippen LogP contribution in [0.15, 0.2) is 18.2 Å². The van der Waals surface area contributed by atoms with Crippen molar-refractivity contribution >= 4 is 0 Å². The molecule has 0 atom stereocenters. The van der Waals surface area contributed by atoms with Gasteiger partial charge in [0.15, 0.2) is 0 Å². The number of hydrogen-bond donors (Lipinski definition) is 2. The molecule has 0 saturated heterocycles. The van der Waals surface area contributed by atoms with Crippen molar-refractivity contribution in [3.63, 3.8) is 0 Å². The summed E-state index contributed by atoms with van der Waals surface area (Å²) in [5, 5.41) is 7.51. The van der Waals surface area contributed by atoms with E-state index >= 15 is 0 Å². The Morgan fingerprint density at radius 3 is 2.24 bits per heavy atom. The summed E-state index contributed by atoms with van der Waals surface area (Å²) in [6, 6.07) is 6.02. The van der Waals surface area contributed by atoms with Crippen LogP contribution in [0.1, 0.15) is 44.1 Å². The van der Waals surface area contributed by atoms with Gasteiger partial charge < -0.3 is 20.1 Å². The summed E-state index contributed by atoms with van der Waals surface area (Å²) in [7, 11) is 3.40. The molecule has 25 heavy (non-hydrogen) atoms. The lowest BCUT2D eigenvalue weighted by atomic mass is 9.53. The third kappa shape index (κ3) is 3.65. The smallest absolute Gasteiger partial charge is 0.127 e.